The summed E-state index contributed by atoms with van der Waals surface area (Å²) in [4.78, 5) is 6.79. The molecule has 2 aromatic rings. The van der Waals surface area contributed by atoms with Crippen molar-refractivity contribution in [2.24, 2.45) is 5.92 Å². The first-order valence-electron chi connectivity index (χ1n) is 12.3. The zero-order valence-corrected chi connectivity index (χ0v) is 21.2. The Labute approximate surface area is 207 Å². The quantitative estimate of drug-likeness (QED) is 0.569. The number of hydrogen-bond donors (Lipinski definition) is 0. The van der Waals surface area contributed by atoms with Gasteiger partial charge in [0, 0.05) is 38.8 Å². The molecule has 3 aliphatic heterocycles. The third-order valence-corrected chi connectivity index (χ3v) is 9.53. The van der Waals surface area contributed by atoms with Crippen LogP contribution < -0.4 is 9.64 Å². The van der Waals surface area contributed by atoms with E-state index < -0.39 is 10.0 Å². The number of benzene rings is 1. The fourth-order valence-electron chi connectivity index (χ4n) is 5.35. The molecular weight excluding hydrogens is 470 g/mol. The topological polar surface area (TPSA) is 62.7 Å². The van der Waals surface area contributed by atoms with E-state index in [1.165, 1.54) is 16.7 Å². The number of ether oxygens (including phenoxy) is 1. The highest BCUT2D eigenvalue weighted by Crippen LogP contribution is 2.38. The predicted molar refractivity (Wildman–Crippen MR) is 137 cm³/mol. The molecule has 1 aromatic heterocycles. The van der Waals surface area contributed by atoms with Crippen LogP contribution in [0.1, 0.15) is 43.7 Å². The van der Waals surface area contributed by atoms with Gasteiger partial charge in [-0.1, -0.05) is 30.7 Å². The van der Waals surface area contributed by atoms with E-state index in [0.717, 1.165) is 50.3 Å². The number of hydrogen-bond acceptors (Lipinski definition) is 5. The molecule has 0 N–H and O–H groups in total. The molecule has 6 nitrogen and oxygen atoms in total. The van der Waals surface area contributed by atoms with E-state index >= 15 is 0 Å². The van der Waals surface area contributed by atoms with Gasteiger partial charge in [-0.15, -0.1) is 0 Å². The number of aromatic nitrogens is 1. The monoisotopic (exact) mass is 501 g/mol. The maximum Gasteiger partial charge on any atom is 0.214 e. The second-order valence-electron chi connectivity index (χ2n) is 9.50. The molecule has 0 spiro atoms. The van der Waals surface area contributed by atoms with Crippen molar-refractivity contribution in [3.05, 3.63) is 58.8 Å². The largest absolute Gasteiger partial charge is 0.490 e. The molecule has 1 unspecified atom stereocenters. The third kappa shape index (κ3) is 4.97. The molecule has 182 valence electrons. The lowest BCUT2D eigenvalue weighted by Crippen LogP contribution is -2.39. The molecule has 1 aromatic carbocycles. The minimum Gasteiger partial charge on any atom is -0.490 e. The number of pyridine rings is 1. The van der Waals surface area contributed by atoms with E-state index in [4.69, 9.17) is 16.3 Å². The van der Waals surface area contributed by atoms with Crippen molar-refractivity contribution < 1.29 is 13.2 Å². The molecule has 4 heterocycles. The molecule has 0 saturated carbocycles. The highest BCUT2D eigenvalue weighted by Gasteiger charge is 2.33. The summed E-state index contributed by atoms with van der Waals surface area (Å²) in [6.45, 7) is 4.89. The molecule has 0 radical (unpaired) electrons. The molecule has 5 rings (SSSR count). The zero-order chi connectivity index (χ0) is 23.7. The van der Waals surface area contributed by atoms with Gasteiger partial charge in [0.1, 0.15) is 17.7 Å². The molecule has 8 heteroatoms. The number of rotatable bonds is 6. The van der Waals surface area contributed by atoms with Crippen LogP contribution >= 0.6 is 11.6 Å². The fourth-order valence-corrected chi connectivity index (χ4v) is 6.90. The summed E-state index contributed by atoms with van der Waals surface area (Å²) in [5, 5.41) is 0.665. The first-order chi connectivity index (χ1) is 16.4. The van der Waals surface area contributed by atoms with Crippen LogP contribution in [0.15, 0.2) is 42.6 Å². The van der Waals surface area contributed by atoms with Crippen molar-refractivity contribution in [1.29, 1.82) is 0 Å². The van der Waals surface area contributed by atoms with Crippen LogP contribution in [0, 0.1) is 5.92 Å². The Balaban J connectivity index is 1.19. The number of fused-ring (bicyclic) bond motifs is 1. The van der Waals surface area contributed by atoms with Crippen LogP contribution in [-0.4, -0.2) is 55.7 Å². The summed E-state index contributed by atoms with van der Waals surface area (Å²) in [6, 6.07) is 10.4. The molecular formula is C26H32ClN3O3S. The lowest BCUT2D eigenvalue weighted by atomic mass is 9.88. The molecule has 3 aliphatic rings. The normalized spacial score (nSPS) is 21.8. The van der Waals surface area contributed by atoms with Crippen LogP contribution in [0.4, 0.5) is 5.82 Å². The number of piperidine rings is 1. The summed E-state index contributed by atoms with van der Waals surface area (Å²) >= 11 is 5.97. The van der Waals surface area contributed by atoms with Gasteiger partial charge in [0.15, 0.2) is 0 Å². The summed E-state index contributed by atoms with van der Waals surface area (Å²) in [5.74, 6) is 2.75. The Morgan fingerprint density at radius 3 is 2.65 bits per heavy atom. The first kappa shape index (κ1) is 23.6. The van der Waals surface area contributed by atoms with E-state index in [1.54, 1.807) is 10.5 Å². The van der Waals surface area contributed by atoms with E-state index in [-0.39, 0.29) is 11.9 Å². The number of nitrogens with zero attached hydrogens (tertiary/aromatic N) is 3. The SMILES string of the molecule is CCCS(=O)(=O)N1CC=C(c2ccc3c(c2)CC(C2CCN(c4ccc(Cl)cn4)CC2)O3)CC1. The van der Waals surface area contributed by atoms with Gasteiger partial charge in [-0.2, -0.15) is 4.31 Å². The summed E-state index contributed by atoms with van der Waals surface area (Å²) < 4.78 is 32.7. The van der Waals surface area contributed by atoms with Gasteiger partial charge in [-0.25, -0.2) is 13.4 Å². The molecule has 0 bridgehead atoms. The van der Waals surface area contributed by atoms with Gasteiger partial charge >= 0.3 is 0 Å². The molecule has 0 aliphatic carbocycles. The Morgan fingerprint density at radius 2 is 1.97 bits per heavy atom. The van der Waals surface area contributed by atoms with Crippen LogP contribution in [0.2, 0.25) is 5.02 Å². The lowest BCUT2D eigenvalue weighted by molar-refractivity contribution is 0.139. The first-order valence-corrected chi connectivity index (χ1v) is 14.2. The predicted octanol–water partition coefficient (Wildman–Crippen LogP) is 4.78. The van der Waals surface area contributed by atoms with Crippen molar-refractivity contribution in [1.82, 2.24) is 9.29 Å². The molecule has 1 atom stereocenters. The van der Waals surface area contributed by atoms with Crippen molar-refractivity contribution in [2.45, 2.75) is 45.1 Å². The van der Waals surface area contributed by atoms with Gasteiger partial charge in [0.25, 0.3) is 0 Å². The highest BCUT2D eigenvalue weighted by atomic mass is 35.5. The van der Waals surface area contributed by atoms with Crippen molar-refractivity contribution in [2.75, 3.05) is 36.8 Å². The smallest absolute Gasteiger partial charge is 0.214 e. The van der Waals surface area contributed by atoms with Crippen LogP contribution in [0.5, 0.6) is 5.75 Å². The minimum absolute atomic E-state index is 0.223. The molecule has 0 amide bonds. The Hall–Kier alpha value is -2.09. The maximum absolute atomic E-state index is 12.4. The standard InChI is InChI=1S/C26H32ClN3O3S/c1-2-15-34(31,32)30-13-9-19(10-14-30)21-3-5-24-22(16-21)17-25(33-24)20-7-11-29(12-8-20)26-6-4-23(27)18-28-26/h3-6,9,16,18,20,25H,2,7-8,10-15,17H2,1H3. The van der Waals surface area contributed by atoms with Gasteiger partial charge in [-0.05, 0) is 72.6 Å². The second-order valence-corrected chi connectivity index (χ2v) is 12.0. The lowest BCUT2D eigenvalue weighted by Gasteiger charge is -2.35. The Morgan fingerprint density at radius 1 is 1.15 bits per heavy atom. The van der Waals surface area contributed by atoms with E-state index in [2.05, 4.69) is 34.2 Å². The second kappa shape index (κ2) is 9.88. The van der Waals surface area contributed by atoms with Gasteiger partial charge in [0.2, 0.25) is 10.0 Å². The molecule has 1 saturated heterocycles. The average molecular weight is 502 g/mol. The summed E-state index contributed by atoms with van der Waals surface area (Å²) in [6.07, 6.45) is 8.53. The molecule has 1 fully saturated rings. The third-order valence-electron chi connectivity index (χ3n) is 7.26. The van der Waals surface area contributed by atoms with E-state index in [0.29, 0.717) is 30.5 Å². The average Bonchev–Trinajstić information content (AvgIpc) is 3.28. The Kier molecular flexibility index (Phi) is 6.87. The van der Waals surface area contributed by atoms with Crippen molar-refractivity contribution in [3.8, 4) is 5.75 Å². The Bertz CT molecular complexity index is 1160. The highest BCUT2D eigenvalue weighted by molar-refractivity contribution is 7.89. The van der Waals surface area contributed by atoms with Crippen LogP contribution in [0.25, 0.3) is 5.57 Å². The van der Waals surface area contributed by atoms with Gasteiger partial charge in [-0.3, -0.25) is 0 Å². The zero-order valence-electron chi connectivity index (χ0n) is 19.6. The van der Waals surface area contributed by atoms with Crippen LogP contribution in [0.3, 0.4) is 0 Å². The number of anilines is 1. The van der Waals surface area contributed by atoms with Gasteiger partial charge in [0.05, 0.1) is 10.8 Å². The van der Waals surface area contributed by atoms with Gasteiger partial charge < -0.3 is 9.64 Å². The van der Waals surface area contributed by atoms with E-state index in [9.17, 15) is 8.42 Å². The molecule has 34 heavy (non-hydrogen) atoms. The number of halogens is 1. The summed E-state index contributed by atoms with van der Waals surface area (Å²) in [7, 11) is -3.14. The van der Waals surface area contributed by atoms with Crippen molar-refractivity contribution in [3.63, 3.8) is 0 Å². The maximum atomic E-state index is 12.4. The summed E-state index contributed by atoms with van der Waals surface area (Å²) in [5.41, 5.74) is 3.70. The van der Waals surface area contributed by atoms with Crippen LogP contribution in [-0.2, 0) is 16.4 Å². The van der Waals surface area contributed by atoms with Crippen molar-refractivity contribution >= 4 is 33.0 Å². The number of sulfonamides is 1. The fraction of sp³-hybridized carbons (Fsp3) is 0.500. The van der Waals surface area contributed by atoms with E-state index in [1.807, 2.05) is 19.1 Å². The minimum atomic E-state index is -3.14.